The number of nitrogens with zero attached hydrogens (tertiary/aromatic N) is 2. The molecule has 0 N–H and O–H groups in total. The summed E-state index contributed by atoms with van der Waals surface area (Å²) in [5, 5.41) is 3.30. The van der Waals surface area contributed by atoms with Crippen molar-refractivity contribution in [1.29, 1.82) is 0 Å². The molecule has 1 heterocycles. The van der Waals surface area contributed by atoms with Crippen molar-refractivity contribution < 1.29 is 0 Å². The predicted molar refractivity (Wildman–Crippen MR) is 74.7 cm³/mol. The Labute approximate surface area is 113 Å². The highest BCUT2D eigenvalue weighted by Gasteiger charge is 2.33. The van der Waals surface area contributed by atoms with Crippen molar-refractivity contribution in [2.45, 2.75) is 51.1 Å². The number of halogens is 1. The van der Waals surface area contributed by atoms with E-state index in [4.69, 9.17) is 11.6 Å². The van der Waals surface area contributed by atoms with Crippen LogP contribution in [0.15, 0.2) is 5.38 Å². The fraction of sp³-hybridized carbons (Fsp3) is 0.769. The van der Waals surface area contributed by atoms with E-state index in [0.717, 1.165) is 18.0 Å². The zero-order chi connectivity index (χ0) is 12.4. The van der Waals surface area contributed by atoms with Gasteiger partial charge in [-0.2, -0.15) is 0 Å². The van der Waals surface area contributed by atoms with Gasteiger partial charge in [0.2, 0.25) is 0 Å². The summed E-state index contributed by atoms with van der Waals surface area (Å²) < 4.78 is 0. The van der Waals surface area contributed by atoms with Crippen molar-refractivity contribution in [1.82, 2.24) is 9.88 Å². The molecule has 17 heavy (non-hydrogen) atoms. The van der Waals surface area contributed by atoms with Gasteiger partial charge in [-0.25, -0.2) is 4.98 Å². The normalized spacial score (nSPS) is 19.6. The summed E-state index contributed by atoms with van der Waals surface area (Å²) in [6.07, 6.45) is 3.91. The van der Waals surface area contributed by atoms with Gasteiger partial charge in [-0.3, -0.25) is 4.90 Å². The van der Waals surface area contributed by atoms with E-state index in [0.29, 0.717) is 18.0 Å². The van der Waals surface area contributed by atoms with Crippen LogP contribution in [0.3, 0.4) is 0 Å². The van der Waals surface area contributed by atoms with Crippen LogP contribution in [0.2, 0.25) is 0 Å². The molecule has 2 nitrogen and oxygen atoms in total. The summed E-state index contributed by atoms with van der Waals surface area (Å²) in [5.41, 5.74) is 1.01. The Morgan fingerprint density at radius 3 is 2.76 bits per heavy atom. The minimum absolute atomic E-state index is 0.451. The van der Waals surface area contributed by atoms with E-state index in [2.05, 4.69) is 36.2 Å². The number of rotatable bonds is 6. The molecule has 0 bridgehead atoms. The van der Waals surface area contributed by atoms with Crippen molar-refractivity contribution >= 4 is 22.9 Å². The van der Waals surface area contributed by atoms with Gasteiger partial charge in [-0.15, -0.1) is 22.9 Å². The summed E-state index contributed by atoms with van der Waals surface area (Å²) >= 11 is 7.57. The molecule has 0 radical (unpaired) electrons. The van der Waals surface area contributed by atoms with Crippen molar-refractivity contribution in [3.8, 4) is 0 Å². The monoisotopic (exact) mass is 272 g/mol. The molecule has 1 aromatic rings. The molecule has 2 atom stereocenters. The minimum Gasteiger partial charge on any atom is -0.294 e. The predicted octanol–water partition coefficient (Wildman–Crippen LogP) is 4.06. The molecule has 1 aromatic heterocycles. The van der Waals surface area contributed by atoms with Crippen molar-refractivity contribution in [3.63, 3.8) is 0 Å². The van der Waals surface area contributed by atoms with Crippen LogP contribution >= 0.6 is 22.9 Å². The molecule has 0 aromatic carbocycles. The largest absolute Gasteiger partial charge is 0.294 e. The van der Waals surface area contributed by atoms with Gasteiger partial charge in [0.05, 0.1) is 17.6 Å². The highest BCUT2D eigenvalue weighted by atomic mass is 35.5. The Morgan fingerprint density at radius 1 is 1.59 bits per heavy atom. The molecule has 0 saturated heterocycles. The Kier molecular flexibility index (Phi) is 4.45. The number of aromatic nitrogens is 1. The van der Waals surface area contributed by atoms with Crippen molar-refractivity contribution in [2.75, 3.05) is 7.05 Å². The lowest BCUT2D eigenvalue weighted by Crippen LogP contribution is -2.34. The van der Waals surface area contributed by atoms with Gasteiger partial charge in [0, 0.05) is 11.4 Å². The quantitative estimate of drug-likeness (QED) is 0.726. The molecule has 4 heteroatoms. The van der Waals surface area contributed by atoms with Crippen LogP contribution in [0, 0.1) is 5.92 Å². The second kappa shape index (κ2) is 5.68. The van der Waals surface area contributed by atoms with Crippen LogP contribution in [-0.4, -0.2) is 23.0 Å². The van der Waals surface area contributed by atoms with E-state index in [1.165, 1.54) is 17.8 Å². The van der Waals surface area contributed by atoms with Crippen molar-refractivity contribution in [2.24, 2.45) is 5.92 Å². The topological polar surface area (TPSA) is 16.1 Å². The fourth-order valence-corrected chi connectivity index (χ4v) is 3.65. The summed E-state index contributed by atoms with van der Waals surface area (Å²) in [6, 6.07) is 1.12. The van der Waals surface area contributed by atoms with Gasteiger partial charge in [0.1, 0.15) is 5.01 Å². The molecule has 1 saturated carbocycles. The first-order valence-electron chi connectivity index (χ1n) is 6.39. The smallest absolute Gasteiger partial charge is 0.110 e. The Hall–Kier alpha value is -0.120. The molecule has 2 unspecified atom stereocenters. The van der Waals surface area contributed by atoms with Crippen LogP contribution < -0.4 is 0 Å². The summed E-state index contributed by atoms with van der Waals surface area (Å²) in [6.45, 7) is 4.58. The number of hydrogen-bond acceptors (Lipinski definition) is 3. The third kappa shape index (κ3) is 3.01. The lowest BCUT2D eigenvalue weighted by Gasteiger charge is -2.31. The minimum atomic E-state index is 0.451. The first-order chi connectivity index (χ1) is 8.17. The maximum Gasteiger partial charge on any atom is 0.110 e. The molecule has 1 fully saturated rings. The molecule has 2 rings (SSSR count). The second-order valence-corrected chi connectivity index (χ2v) is 6.14. The number of alkyl halides is 1. The molecule has 96 valence electrons. The van der Waals surface area contributed by atoms with E-state index < -0.39 is 0 Å². The SMILES string of the molecule is CCC(c1nc(CCl)cs1)N(C)C(C)C1CC1. The average molecular weight is 273 g/mol. The van der Waals surface area contributed by atoms with Crippen LogP contribution in [0.1, 0.15) is 49.9 Å². The molecular weight excluding hydrogens is 252 g/mol. The van der Waals surface area contributed by atoms with E-state index >= 15 is 0 Å². The van der Waals surface area contributed by atoms with Gasteiger partial charge < -0.3 is 0 Å². The van der Waals surface area contributed by atoms with E-state index in [9.17, 15) is 0 Å². The molecule has 1 aliphatic rings. The van der Waals surface area contributed by atoms with E-state index in [-0.39, 0.29) is 0 Å². The summed E-state index contributed by atoms with van der Waals surface area (Å²) in [7, 11) is 2.24. The second-order valence-electron chi connectivity index (χ2n) is 4.98. The Morgan fingerprint density at radius 2 is 2.29 bits per heavy atom. The zero-order valence-electron chi connectivity index (χ0n) is 10.8. The van der Waals surface area contributed by atoms with E-state index in [1.54, 1.807) is 11.3 Å². The third-order valence-corrected chi connectivity index (χ3v) is 5.09. The van der Waals surface area contributed by atoms with Gasteiger partial charge in [0.25, 0.3) is 0 Å². The van der Waals surface area contributed by atoms with Crippen LogP contribution in [0.25, 0.3) is 0 Å². The van der Waals surface area contributed by atoms with Crippen LogP contribution in [0.5, 0.6) is 0 Å². The van der Waals surface area contributed by atoms with Gasteiger partial charge in [0.15, 0.2) is 0 Å². The number of thiazole rings is 1. The molecule has 1 aliphatic carbocycles. The standard InChI is InChI=1S/C13H21ClN2S/c1-4-12(13-15-11(7-14)8-17-13)16(3)9(2)10-5-6-10/h8-10,12H,4-7H2,1-3H3. The molecule has 0 spiro atoms. The van der Waals surface area contributed by atoms with E-state index in [1.807, 2.05) is 0 Å². The first-order valence-corrected chi connectivity index (χ1v) is 7.81. The summed E-state index contributed by atoms with van der Waals surface area (Å²) in [5.74, 6) is 1.43. The Balaban J connectivity index is 2.08. The Bertz CT molecular complexity index is 362. The number of hydrogen-bond donors (Lipinski definition) is 0. The van der Waals surface area contributed by atoms with Gasteiger partial charge >= 0.3 is 0 Å². The van der Waals surface area contributed by atoms with Crippen molar-refractivity contribution in [3.05, 3.63) is 16.1 Å². The third-order valence-electron chi connectivity index (χ3n) is 3.82. The maximum absolute atomic E-state index is 5.82. The highest BCUT2D eigenvalue weighted by Crippen LogP contribution is 2.38. The lowest BCUT2D eigenvalue weighted by molar-refractivity contribution is 0.162. The molecule has 0 aliphatic heterocycles. The fourth-order valence-electron chi connectivity index (χ4n) is 2.37. The average Bonchev–Trinajstić information content (AvgIpc) is 3.09. The van der Waals surface area contributed by atoms with Gasteiger partial charge in [-0.1, -0.05) is 6.92 Å². The zero-order valence-corrected chi connectivity index (χ0v) is 12.4. The first kappa shape index (κ1) is 13.3. The molecule has 0 amide bonds. The lowest BCUT2D eigenvalue weighted by atomic mass is 10.1. The summed E-state index contributed by atoms with van der Waals surface area (Å²) in [4.78, 5) is 7.12. The highest BCUT2D eigenvalue weighted by molar-refractivity contribution is 7.09. The maximum atomic E-state index is 5.82. The van der Waals surface area contributed by atoms with Crippen LogP contribution in [-0.2, 0) is 5.88 Å². The van der Waals surface area contributed by atoms with Crippen LogP contribution in [0.4, 0.5) is 0 Å². The molecular formula is C13H21ClN2S. The van der Waals surface area contributed by atoms with Gasteiger partial charge in [-0.05, 0) is 39.2 Å².